The minimum atomic E-state index is -0.601. The lowest BCUT2D eigenvalue weighted by molar-refractivity contribution is -0.116. The van der Waals surface area contributed by atoms with Gasteiger partial charge >= 0.3 is 0 Å². The van der Waals surface area contributed by atoms with Crippen molar-refractivity contribution in [2.24, 2.45) is 5.73 Å². The molecule has 1 amide bonds. The predicted octanol–water partition coefficient (Wildman–Crippen LogP) is 0.950. The van der Waals surface area contributed by atoms with Gasteiger partial charge in [-0.1, -0.05) is 6.07 Å². The molecule has 0 unspecified atom stereocenters. The highest BCUT2D eigenvalue weighted by atomic mass is 19.1. The standard InChI is InChI=1S/C11H13FN2O2/c1-2-14(6-11(13)16)10-5-3-4-9(12)8(10)7-15/h3-5,7H,2,6H2,1H3,(H2,13,16). The molecule has 0 radical (unpaired) electrons. The first-order valence-electron chi connectivity index (χ1n) is 4.87. The lowest BCUT2D eigenvalue weighted by Gasteiger charge is -2.22. The van der Waals surface area contributed by atoms with E-state index >= 15 is 0 Å². The summed E-state index contributed by atoms with van der Waals surface area (Å²) in [7, 11) is 0. The Balaban J connectivity index is 3.13. The second kappa shape index (κ2) is 5.25. The third-order valence-electron chi connectivity index (χ3n) is 2.22. The highest BCUT2D eigenvalue weighted by Gasteiger charge is 2.14. The van der Waals surface area contributed by atoms with Gasteiger partial charge in [0.05, 0.1) is 17.8 Å². The molecule has 16 heavy (non-hydrogen) atoms. The molecule has 0 bridgehead atoms. The highest BCUT2D eigenvalue weighted by Crippen LogP contribution is 2.21. The molecule has 2 N–H and O–H groups in total. The van der Waals surface area contributed by atoms with Crippen molar-refractivity contribution in [3.63, 3.8) is 0 Å². The first-order chi connectivity index (χ1) is 7.60. The maximum Gasteiger partial charge on any atom is 0.236 e. The number of benzene rings is 1. The zero-order valence-corrected chi connectivity index (χ0v) is 8.94. The second-order valence-corrected chi connectivity index (χ2v) is 3.27. The van der Waals surface area contributed by atoms with Gasteiger partial charge in [-0.05, 0) is 19.1 Å². The van der Waals surface area contributed by atoms with Crippen molar-refractivity contribution in [1.82, 2.24) is 0 Å². The van der Waals surface area contributed by atoms with Gasteiger partial charge in [0, 0.05) is 6.54 Å². The monoisotopic (exact) mass is 224 g/mol. The van der Waals surface area contributed by atoms with Crippen LogP contribution in [-0.2, 0) is 4.79 Å². The van der Waals surface area contributed by atoms with E-state index in [4.69, 9.17) is 5.73 Å². The molecule has 0 spiro atoms. The van der Waals surface area contributed by atoms with Crippen LogP contribution in [0.3, 0.4) is 0 Å². The summed E-state index contributed by atoms with van der Waals surface area (Å²) in [5.74, 6) is -1.13. The van der Waals surface area contributed by atoms with Crippen molar-refractivity contribution >= 4 is 17.9 Å². The number of likely N-dealkylation sites (N-methyl/N-ethyl adjacent to an activating group) is 1. The Hall–Kier alpha value is -1.91. The Morgan fingerprint density at radius 2 is 2.25 bits per heavy atom. The Morgan fingerprint density at radius 1 is 1.56 bits per heavy atom. The fraction of sp³-hybridized carbons (Fsp3) is 0.273. The zero-order chi connectivity index (χ0) is 12.1. The number of anilines is 1. The van der Waals surface area contributed by atoms with Crippen LogP contribution in [0.1, 0.15) is 17.3 Å². The van der Waals surface area contributed by atoms with E-state index in [1.54, 1.807) is 17.9 Å². The molecule has 4 nitrogen and oxygen atoms in total. The maximum atomic E-state index is 13.3. The van der Waals surface area contributed by atoms with Crippen molar-refractivity contribution in [3.8, 4) is 0 Å². The van der Waals surface area contributed by atoms with Gasteiger partial charge in [0.15, 0.2) is 6.29 Å². The summed E-state index contributed by atoms with van der Waals surface area (Å²) in [5, 5.41) is 0. The van der Waals surface area contributed by atoms with E-state index in [2.05, 4.69) is 0 Å². The number of amides is 1. The molecule has 1 aromatic rings. The number of nitrogens with zero attached hydrogens (tertiary/aromatic N) is 1. The molecular formula is C11H13FN2O2. The molecule has 1 aromatic carbocycles. The lowest BCUT2D eigenvalue weighted by Crippen LogP contribution is -2.34. The van der Waals surface area contributed by atoms with Crippen molar-refractivity contribution in [3.05, 3.63) is 29.6 Å². The molecule has 5 heteroatoms. The van der Waals surface area contributed by atoms with Gasteiger partial charge < -0.3 is 10.6 Å². The van der Waals surface area contributed by atoms with E-state index in [9.17, 15) is 14.0 Å². The first-order valence-corrected chi connectivity index (χ1v) is 4.87. The summed E-state index contributed by atoms with van der Waals surface area (Å²) in [6.07, 6.45) is 0.439. The van der Waals surface area contributed by atoms with Crippen LogP contribution in [0.15, 0.2) is 18.2 Å². The van der Waals surface area contributed by atoms with E-state index in [1.807, 2.05) is 0 Å². The zero-order valence-electron chi connectivity index (χ0n) is 8.94. The van der Waals surface area contributed by atoms with E-state index in [0.717, 1.165) is 0 Å². The second-order valence-electron chi connectivity index (χ2n) is 3.27. The molecule has 1 rings (SSSR count). The Bertz CT molecular complexity index is 407. The van der Waals surface area contributed by atoms with Crippen LogP contribution in [0.5, 0.6) is 0 Å². The summed E-state index contributed by atoms with van der Waals surface area (Å²) < 4.78 is 13.3. The molecule has 0 heterocycles. The van der Waals surface area contributed by atoms with E-state index in [1.165, 1.54) is 12.1 Å². The van der Waals surface area contributed by atoms with Crippen LogP contribution in [0.4, 0.5) is 10.1 Å². The topological polar surface area (TPSA) is 63.4 Å². The Morgan fingerprint density at radius 3 is 2.75 bits per heavy atom. The third kappa shape index (κ3) is 2.56. The smallest absolute Gasteiger partial charge is 0.236 e. The lowest BCUT2D eigenvalue weighted by atomic mass is 10.1. The quantitative estimate of drug-likeness (QED) is 0.757. The highest BCUT2D eigenvalue weighted by molar-refractivity contribution is 5.87. The molecule has 86 valence electrons. The molecule has 0 aliphatic carbocycles. The van der Waals surface area contributed by atoms with Crippen LogP contribution in [-0.4, -0.2) is 25.3 Å². The summed E-state index contributed by atoms with van der Waals surface area (Å²) >= 11 is 0. The van der Waals surface area contributed by atoms with Crippen LogP contribution in [0.25, 0.3) is 0 Å². The van der Waals surface area contributed by atoms with E-state index in [0.29, 0.717) is 18.5 Å². The fourth-order valence-corrected chi connectivity index (χ4v) is 1.47. The Labute approximate surface area is 92.8 Å². The van der Waals surface area contributed by atoms with E-state index in [-0.39, 0.29) is 12.1 Å². The number of nitrogens with two attached hydrogens (primary N) is 1. The normalized spacial score (nSPS) is 9.88. The van der Waals surface area contributed by atoms with Gasteiger partial charge in [-0.3, -0.25) is 9.59 Å². The van der Waals surface area contributed by atoms with Gasteiger partial charge in [0.25, 0.3) is 0 Å². The van der Waals surface area contributed by atoms with Gasteiger partial charge in [-0.15, -0.1) is 0 Å². The van der Waals surface area contributed by atoms with Crippen molar-refractivity contribution < 1.29 is 14.0 Å². The predicted molar refractivity (Wildman–Crippen MR) is 58.9 cm³/mol. The molecule has 0 aliphatic heterocycles. The molecule has 0 saturated carbocycles. The molecule has 0 fully saturated rings. The van der Waals surface area contributed by atoms with Crippen molar-refractivity contribution in [2.45, 2.75) is 6.92 Å². The number of carbonyl (C=O) groups excluding carboxylic acids is 2. The number of primary amides is 1. The summed E-state index contributed by atoms with van der Waals surface area (Å²) in [4.78, 5) is 23.1. The van der Waals surface area contributed by atoms with Crippen LogP contribution in [0.2, 0.25) is 0 Å². The van der Waals surface area contributed by atoms with Crippen molar-refractivity contribution in [2.75, 3.05) is 18.0 Å². The maximum absolute atomic E-state index is 13.3. The number of halogens is 1. The first kappa shape index (κ1) is 12.2. The van der Waals surface area contributed by atoms with E-state index < -0.39 is 11.7 Å². The van der Waals surface area contributed by atoms with Crippen LogP contribution >= 0.6 is 0 Å². The SMILES string of the molecule is CCN(CC(N)=O)c1cccc(F)c1C=O. The summed E-state index contributed by atoms with van der Waals surface area (Å²) in [5.41, 5.74) is 5.41. The molecule has 0 atom stereocenters. The molecule has 0 aromatic heterocycles. The fourth-order valence-electron chi connectivity index (χ4n) is 1.47. The number of hydrogen-bond donors (Lipinski definition) is 1. The number of hydrogen-bond acceptors (Lipinski definition) is 3. The minimum absolute atomic E-state index is 0.0409. The van der Waals surface area contributed by atoms with Gasteiger partial charge in [-0.25, -0.2) is 4.39 Å². The minimum Gasteiger partial charge on any atom is -0.368 e. The average Bonchev–Trinajstić information content (AvgIpc) is 2.25. The molecular weight excluding hydrogens is 211 g/mol. The van der Waals surface area contributed by atoms with Gasteiger partial charge in [0.2, 0.25) is 5.91 Å². The summed E-state index contributed by atoms with van der Waals surface area (Å²) in [6.45, 7) is 2.22. The number of aldehydes is 1. The average molecular weight is 224 g/mol. The number of carbonyl (C=O) groups is 2. The third-order valence-corrected chi connectivity index (χ3v) is 2.22. The Kier molecular flexibility index (Phi) is 3.99. The van der Waals surface area contributed by atoms with Crippen LogP contribution in [0, 0.1) is 5.82 Å². The molecule has 0 saturated heterocycles. The van der Waals surface area contributed by atoms with Crippen molar-refractivity contribution in [1.29, 1.82) is 0 Å². The summed E-state index contributed by atoms with van der Waals surface area (Å²) in [6, 6.07) is 4.27. The number of rotatable bonds is 5. The van der Waals surface area contributed by atoms with Crippen LogP contribution < -0.4 is 10.6 Å². The molecule has 0 aliphatic rings. The van der Waals surface area contributed by atoms with Gasteiger partial charge in [0.1, 0.15) is 5.82 Å². The largest absolute Gasteiger partial charge is 0.368 e. The van der Waals surface area contributed by atoms with Gasteiger partial charge in [-0.2, -0.15) is 0 Å².